The van der Waals surface area contributed by atoms with Gasteiger partial charge in [-0.2, -0.15) is 0 Å². The number of benzene rings is 1. The van der Waals surface area contributed by atoms with E-state index in [-0.39, 0.29) is 42.0 Å². The molecular formula is C24H30FN5O4. The average molecular weight is 472 g/mol. The number of rotatable bonds is 7. The summed E-state index contributed by atoms with van der Waals surface area (Å²) in [5, 5.41) is 10.5. The van der Waals surface area contributed by atoms with E-state index in [1.807, 2.05) is 14.1 Å². The Bertz CT molecular complexity index is 1160. The Balaban J connectivity index is 1.88. The van der Waals surface area contributed by atoms with E-state index in [0.717, 1.165) is 12.0 Å². The molecule has 0 bridgehead atoms. The van der Waals surface area contributed by atoms with Crippen LogP contribution in [-0.2, 0) is 23.0 Å². The number of nitrogens with zero attached hydrogens (tertiary/aromatic N) is 5. The minimum absolute atomic E-state index is 0.0525. The van der Waals surface area contributed by atoms with E-state index in [1.54, 1.807) is 21.9 Å². The zero-order valence-corrected chi connectivity index (χ0v) is 19.9. The van der Waals surface area contributed by atoms with Crippen LogP contribution in [0.4, 0.5) is 4.39 Å². The molecule has 3 rings (SSSR count). The highest BCUT2D eigenvalue weighted by Gasteiger charge is 2.34. The monoisotopic (exact) mass is 471 g/mol. The number of carbonyl (C=O) groups excluding carboxylic acids is 1. The Morgan fingerprint density at radius 2 is 2.03 bits per heavy atom. The maximum atomic E-state index is 13.2. The van der Waals surface area contributed by atoms with Gasteiger partial charge in [0.2, 0.25) is 11.7 Å². The quantitative estimate of drug-likeness (QED) is 0.377. The third-order valence-electron chi connectivity index (χ3n) is 5.65. The summed E-state index contributed by atoms with van der Waals surface area (Å²) in [5.74, 6) is -0.465. The number of aromatic nitrogens is 2. The minimum Gasteiger partial charge on any atom is -0.501 e. The van der Waals surface area contributed by atoms with Crippen molar-refractivity contribution in [3.63, 3.8) is 0 Å². The molecule has 1 amide bonds. The first-order valence-electron chi connectivity index (χ1n) is 10.9. The summed E-state index contributed by atoms with van der Waals surface area (Å²) in [6.45, 7) is 4.64. The van der Waals surface area contributed by atoms with Crippen molar-refractivity contribution in [3.8, 4) is 5.75 Å². The first kappa shape index (κ1) is 25.1. The molecule has 1 N–H and O–H groups in total. The van der Waals surface area contributed by atoms with E-state index in [9.17, 15) is 19.1 Å². The highest BCUT2D eigenvalue weighted by Crippen LogP contribution is 2.32. The van der Waals surface area contributed by atoms with Crippen molar-refractivity contribution >= 4 is 17.6 Å². The number of amides is 1. The molecule has 1 fully saturated rings. The fourth-order valence-corrected chi connectivity index (χ4v) is 3.92. The fraction of sp³-hybridized carbons (Fsp3) is 0.417. The van der Waals surface area contributed by atoms with Gasteiger partial charge in [0, 0.05) is 27.1 Å². The number of hydrogen-bond acceptors (Lipinski definition) is 7. The minimum atomic E-state index is -0.662. The van der Waals surface area contributed by atoms with Gasteiger partial charge < -0.3 is 19.6 Å². The lowest BCUT2D eigenvalue weighted by atomic mass is 10.1. The fourth-order valence-electron chi connectivity index (χ4n) is 3.92. The molecule has 1 unspecified atom stereocenters. The molecule has 2 aromatic rings. The molecule has 1 atom stereocenters. The lowest BCUT2D eigenvalue weighted by molar-refractivity contribution is -0.132. The molecule has 0 aliphatic carbocycles. The molecule has 1 aliphatic heterocycles. The molecule has 0 saturated carbocycles. The van der Waals surface area contributed by atoms with Crippen molar-refractivity contribution in [3.05, 3.63) is 64.1 Å². The Morgan fingerprint density at radius 3 is 2.65 bits per heavy atom. The molecule has 182 valence electrons. The summed E-state index contributed by atoms with van der Waals surface area (Å²) >= 11 is 0. The predicted molar refractivity (Wildman–Crippen MR) is 127 cm³/mol. The second-order valence-electron chi connectivity index (χ2n) is 8.46. The molecule has 0 radical (unpaired) electrons. The van der Waals surface area contributed by atoms with Crippen LogP contribution in [0.25, 0.3) is 5.76 Å². The molecule has 1 aromatic heterocycles. The largest absolute Gasteiger partial charge is 0.501 e. The lowest BCUT2D eigenvalue weighted by Gasteiger charge is -2.27. The topological polar surface area (TPSA) is 100 Å². The van der Waals surface area contributed by atoms with Crippen molar-refractivity contribution < 1.29 is 19.0 Å². The zero-order valence-electron chi connectivity index (χ0n) is 19.9. The Labute approximate surface area is 197 Å². The maximum Gasteiger partial charge on any atom is 0.296 e. The van der Waals surface area contributed by atoms with Gasteiger partial charge in [-0.05, 0) is 44.6 Å². The molecule has 1 aliphatic rings. The number of likely N-dealkylation sites (N-methyl/N-ethyl adjacent to an activating group) is 1. The van der Waals surface area contributed by atoms with Crippen LogP contribution in [-0.4, -0.2) is 70.5 Å². The van der Waals surface area contributed by atoms with E-state index in [0.29, 0.717) is 18.8 Å². The summed E-state index contributed by atoms with van der Waals surface area (Å²) in [5.41, 5.74) is -0.00640. The lowest BCUT2D eigenvalue weighted by Crippen LogP contribution is -2.39. The predicted octanol–water partition coefficient (Wildman–Crippen LogP) is 2.11. The van der Waals surface area contributed by atoms with Gasteiger partial charge in [-0.15, -0.1) is 0 Å². The number of aliphatic imine (C=N–C) groups is 1. The molecule has 2 heterocycles. The summed E-state index contributed by atoms with van der Waals surface area (Å²) in [4.78, 5) is 37.6. The molecule has 34 heavy (non-hydrogen) atoms. The molecule has 10 heteroatoms. The number of likely N-dealkylation sites (tertiary alicyclic amines) is 1. The van der Waals surface area contributed by atoms with Gasteiger partial charge in [0.25, 0.3) is 5.56 Å². The molecule has 1 aromatic carbocycles. The maximum absolute atomic E-state index is 13.2. The normalized spacial score (nSPS) is 16.2. The second kappa shape index (κ2) is 10.6. The van der Waals surface area contributed by atoms with Crippen LogP contribution in [0.2, 0.25) is 0 Å². The Morgan fingerprint density at radius 1 is 1.35 bits per heavy atom. The third-order valence-corrected chi connectivity index (χ3v) is 5.65. The summed E-state index contributed by atoms with van der Waals surface area (Å²) in [6, 6.07) is 5.48. The standard InChI is InChI=1S/C24H30FN5O4/c1-15(34-19(26-2)13-16-8-10-17(25)11-9-16)21-22(32)24(33)29(5)23(27-21)18-7-6-12-30(18)20(31)14-28(3)4/h8-11,18,32H,1,6-7,12-14H2,2-5H3. The van der Waals surface area contributed by atoms with Crippen LogP contribution in [0, 0.1) is 5.82 Å². The van der Waals surface area contributed by atoms with Gasteiger partial charge >= 0.3 is 0 Å². The SMILES string of the molecule is C=C(OC(Cc1ccc(F)cc1)=NC)c1nc(C2CCCN2C(=O)CN(C)C)n(C)c(=O)c1O. The summed E-state index contributed by atoms with van der Waals surface area (Å²) in [6.07, 6.45) is 1.67. The first-order chi connectivity index (χ1) is 16.1. The van der Waals surface area contributed by atoms with E-state index >= 15 is 0 Å². The Hall–Kier alpha value is -3.53. The average Bonchev–Trinajstić information content (AvgIpc) is 3.28. The molecule has 1 saturated heterocycles. The van der Waals surface area contributed by atoms with Crippen LogP contribution in [0.3, 0.4) is 0 Å². The van der Waals surface area contributed by atoms with Crippen molar-refractivity contribution in [1.29, 1.82) is 0 Å². The number of carbonyl (C=O) groups is 1. The van der Waals surface area contributed by atoms with Gasteiger partial charge in [-0.1, -0.05) is 18.7 Å². The van der Waals surface area contributed by atoms with Crippen molar-refractivity contribution in [2.45, 2.75) is 25.3 Å². The van der Waals surface area contributed by atoms with Gasteiger partial charge in [-0.25, -0.2) is 9.37 Å². The van der Waals surface area contributed by atoms with E-state index in [1.165, 1.54) is 30.8 Å². The molecule has 9 nitrogen and oxygen atoms in total. The Kier molecular flexibility index (Phi) is 7.83. The third kappa shape index (κ3) is 5.51. The van der Waals surface area contributed by atoms with Crippen LogP contribution >= 0.6 is 0 Å². The van der Waals surface area contributed by atoms with Crippen LogP contribution < -0.4 is 5.56 Å². The van der Waals surface area contributed by atoms with Gasteiger partial charge in [0.15, 0.2) is 17.4 Å². The van der Waals surface area contributed by atoms with E-state index < -0.39 is 17.4 Å². The molecule has 0 spiro atoms. The van der Waals surface area contributed by atoms with E-state index in [4.69, 9.17) is 4.74 Å². The first-order valence-corrected chi connectivity index (χ1v) is 10.9. The highest BCUT2D eigenvalue weighted by molar-refractivity contribution is 5.84. The van der Waals surface area contributed by atoms with E-state index in [2.05, 4.69) is 16.6 Å². The van der Waals surface area contributed by atoms with Crippen molar-refractivity contribution in [2.24, 2.45) is 12.0 Å². The number of aromatic hydroxyl groups is 1. The van der Waals surface area contributed by atoms with Crippen molar-refractivity contribution in [1.82, 2.24) is 19.4 Å². The van der Waals surface area contributed by atoms with Crippen LogP contribution in [0.1, 0.15) is 36.0 Å². The van der Waals surface area contributed by atoms with Gasteiger partial charge in [0.05, 0.1) is 12.6 Å². The summed E-state index contributed by atoms with van der Waals surface area (Å²) in [7, 11) is 6.67. The van der Waals surface area contributed by atoms with Crippen LogP contribution in [0.5, 0.6) is 5.75 Å². The van der Waals surface area contributed by atoms with Crippen molar-refractivity contribution in [2.75, 3.05) is 34.2 Å². The highest BCUT2D eigenvalue weighted by atomic mass is 19.1. The van der Waals surface area contributed by atoms with Gasteiger partial charge in [-0.3, -0.25) is 19.1 Å². The number of hydrogen-bond donors (Lipinski definition) is 1. The second-order valence-corrected chi connectivity index (χ2v) is 8.46. The number of ether oxygens (including phenoxy) is 1. The smallest absolute Gasteiger partial charge is 0.296 e. The number of halogens is 1. The summed E-state index contributed by atoms with van der Waals surface area (Å²) < 4.78 is 20.2. The van der Waals surface area contributed by atoms with Crippen LogP contribution in [0.15, 0.2) is 40.6 Å². The molecular weight excluding hydrogens is 441 g/mol. The van der Waals surface area contributed by atoms with Gasteiger partial charge in [0.1, 0.15) is 11.6 Å². The zero-order chi connectivity index (χ0) is 25.0.